The fourth-order valence-electron chi connectivity index (χ4n) is 5.35. The molecule has 0 spiro atoms. The summed E-state index contributed by atoms with van der Waals surface area (Å²) in [6, 6.07) is 2.38. The number of allylic oxidation sites excluding steroid dienone is 4. The number of nitrogens with one attached hydrogen (secondary N) is 1. The number of unbranched alkanes of at least 4 members (excludes halogenated alkanes) is 1. The third-order valence-electron chi connectivity index (χ3n) is 7.56. The number of rotatable bonds is 11. The molecular formula is C30H41Cl2FN2O2. The zero-order valence-electron chi connectivity index (χ0n) is 22.0. The Morgan fingerprint density at radius 2 is 1.76 bits per heavy atom. The van der Waals surface area contributed by atoms with Crippen molar-refractivity contribution in [2.75, 3.05) is 0 Å². The molecule has 0 saturated heterocycles. The van der Waals surface area contributed by atoms with Crippen molar-refractivity contribution in [2.24, 2.45) is 17.1 Å². The SMILES string of the molecule is C=C/C=C(\C=C)CCCCC(N)=O.CC1(C(NC(=O)C2CCCC2)c2c(F)ccc(Cl)c2Cl)CCCC1. The molecule has 2 saturated carbocycles. The number of hydrogen-bond donors (Lipinski definition) is 2. The van der Waals surface area contributed by atoms with Gasteiger partial charge in [0, 0.05) is 17.9 Å². The van der Waals surface area contributed by atoms with Gasteiger partial charge in [-0.05, 0) is 68.1 Å². The predicted octanol–water partition coefficient (Wildman–Crippen LogP) is 8.39. The van der Waals surface area contributed by atoms with Crippen molar-refractivity contribution in [3.63, 3.8) is 0 Å². The van der Waals surface area contributed by atoms with E-state index in [-0.39, 0.29) is 28.2 Å². The van der Waals surface area contributed by atoms with Crippen molar-refractivity contribution in [3.05, 3.63) is 70.5 Å². The van der Waals surface area contributed by atoms with Gasteiger partial charge in [-0.3, -0.25) is 9.59 Å². The number of amides is 2. The van der Waals surface area contributed by atoms with Crippen LogP contribution in [0.3, 0.4) is 0 Å². The molecule has 1 atom stereocenters. The van der Waals surface area contributed by atoms with Crippen LogP contribution in [-0.2, 0) is 9.59 Å². The number of benzene rings is 1. The number of hydrogen-bond acceptors (Lipinski definition) is 2. The average Bonchev–Trinajstić information content (AvgIpc) is 3.56. The van der Waals surface area contributed by atoms with E-state index in [0.29, 0.717) is 17.0 Å². The topological polar surface area (TPSA) is 72.2 Å². The largest absolute Gasteiger partial charge is 0.370 e. The van der Waals surface area contributed by atoms with Crippen LogP contribution in [-0.4, -0.2) is 11.8 Å². The molecule has 204 valence electrons. The molecule has 37 heavy (non-hydrogen) atoms. The van der Waals surface area contributed by atoms with E-state index < -0.39 is 11.9 Å². The van der Waals surface area contributed by atoms with E-state index >= 15 is 0 Å². The van der Waals surface area contributed by atoms with Gasteiger partial charge in [-0.15, -0.1) is 0 Å². The van der Waals surface area contributed by atoms with Gasteiger partial charge in [0.05, 0.1) is 16.1 Å². The second-order valence-corrected chi connectivity index (χ2v) is 11.2. The summed E-state index contributed by atoms with van der Waals surface area (Å²) in [5.74, 6) is -0.554. The Morgan fingerprint density at radius 1 is 1.14 bits per heavy atom. The lowest BCUT2D eigenvalue weighted by Gasteiger charge is -2.36. The standard InChI is InChI=1S/C19H24Cl2FNO.C11H17NO/c1-19(10-4-5-11-19)17(23-18(24)12-6-2-3-7-12)15-14(22)9-8-13(20)16(15)21;1-3-7-10(4-2)8-5-6-9-11(12)13/h8-9,12,17H,2-7,10-11H2,1H3,(H,23,24);3-4,7H,1-2,5-6,8-9H2,(H2,12,13)/b;10-7+. The van der Waals surface area contributed by atoms with Crippen LogP contribution in [0.25, 0.3) is 0 Å². The van der Waals surface area contributed by atoms with Crippen molar-refractivity contribution in [2.45, 2.75) is 90.0 Å². The Bertz CT molecular complexity index is 980. The molecule has 2 amide bonds. The van der Waals surface area contributed by atoms with Crippen molar-refractivity contribution in [1.29, 1.82) is 0 Å². The minimum Gasteiger partial charge on any atom is -0.370 e. The number of carbonyl (C=O) groups is 2. The zero-order chi connectivity index (χ0) is 27.4. The van der Waals surface area contributed by atoms with Gasteiger partial charge in [-0.1, -0.05) is 87.2 Å². The molecule has 7 heteroatoms. The monoisotopic (exact) mass is 550 g/mol. The quantitative estimate of drug-likeness (QED) is 0.165. The summed E-state index contributed by atoms with van der Waals surface area (Å²) < 4.78 is 14.6. The fourth-order valence-corrected chi connectivity index (χ4v) is 5.78. The fraction of sp³-hybridized carbons (Fsp3) is 0.533. The van der Waals surface area contributed by atoms with Crippen molar-refractivity contribution >= 4 is 35.0 Å². The molecule has 0 aliphatic heterocycles. The summed E-state index contributed by atoms with van der Waals surface area (Å²) in [6.07, 6.45) is 16.8. The Kier molecular flexibility index (Phi) is 12.9. The van der Waals surface area contributed by atoms with Crippen molar-refractivity contribution in [1.82, 2.24) is 5.32 Å². The smallest absolute Gasteiger partial charge is 0.223 e. The van der Waals surface area contributed by atoms with Crippen LogP contribution in [0, 0.1) is 17.2 Å². The molecule has 2 aliphatic rings. The molecule has 2 aliphatic carbocycles. The first-order chi connectivity index (χ1) is 17.6. The van der Waals surface area contributed by atoms with Crippen LogP contribution >= 0.6 is 23.2 Å². The molecule has 0 radical (unpaired) electrons. The summed E-state index contributed by atoms with van der Waals surface area (Å²) in [7, 11) is 0. The van der Waals surface area contributed by atoms with Crippen molar-refractivity contribution in [3.8, 4) is 0 Å². The molecule has 0 bridgehead atoms. The maximum absolute atomic E-state index is 14.6. The molecule has 4 nitrogen and oxygen atoms in total. The molecular weight excluding hydrogens is 510 g/mol. The first kappa shape index (κ1) is 31.1. The van der Waals surface area contributed by atoms with Crippen LogP contribution in [0.15, 0.2) is 49.1 Å². The summed E-state index contributed by atoms with van der Waals surface area (Å²) in [6.45, 7) is 9.41. The molecule has 3 N–H and O–H groups in total. The van der Waals surface area contributed by atoms with Gasteiger partial charge >= 0.3 is 0 Å². The van der Waals surface area contributed by atoms with E-state index in [2.05, 4.69) is 25.4 Å². The van der Waals surface area contributed by atoms with Crippen molar-refractivity contribution < 1.29 is 14.0 Å². The highest BCUT2D eigenvalue weighted by Crippen LogP contribution is 2.50. The van der Waals surface area contributed by atoms with Gasteiger partial charge in [0.1, 0.15) is 5.82 Å². The summed E-state index contributed by atoms with van der Waals surface area (Å²) in [5.41, 5.74) is 6.32. The van der Waals surface area contributed by atoms with Crippen LogP contribution in [0.1, 0.15) is 95.6 Å². The highest BCUT2D eigenvalue weighted by molar-refractivity contribution is 6.42. The van der Waals surface area contributed by atoms with E-state index in [0.717, 1.165) is 76.2 Å². The highest BCUT2D eigenvalue weighted by Gasteiger charge is 2.42. The van der Waals surface area contributed by atoms with E-state index in [4.69, 9.17) is 28.9 Å². The lowest BCUT2D eigenvalue weighted by molar-refractivity contribution is -0.126. The first-order valence-electron chi connectivity index (χ1n) is 13.3. The second-order valence-electron chi connectivity index (χ2n) is 10.4. The zero-order valence-corrected chi connectivity index (χ0v) is 23.5. The molecule has 1 unspecified atom stereocenters. The Balaban J connectivity index is 0.000000317. The molecule has 3 rings (SSSR count). The minimum absolute atomic E-state index is 0.0288. The lowest BCUT2D eigenvalue weighted by atomic mass is 9.76. The summed E-state index contributed by atoms with van der Waals surface area (Å²) >= 11 is 12.5. The molecule has 2 fully saturated rings. The Morgan fingerprint density at radius 3 is 2.32 bits per heavy atom. The number of primary amides is 1. The Labute approximate surface area is 231 Å². The maximum atomic E-state index is 14.6. The molecule has 0 aromatic heterocycles. The van der Waals surface area contributed by atoms with Gasteiger partial charge in [-0.25, -0.2) is 4.39 Å². The van der Waals surface area contributed by atoms with E-state index in [1.807, 2.05) is 12.2 Å². The van der Waals surface area contributed by atoms with Gasteiger partial charge < -0.3 is 11.1 Å². The van der Waals surface area contributed by atoms with E-state index in [9.17, 15) is 14.0 Å². The second kappa shape index (κ2) is 15.3. The third-order valence-corrected chi connectivity index (χ3v) is 8.38. The van der Waals surface area contributed by atoms with Gasteiger partial charge in [0.2, 0.25) is 11.8 Å². The van der Waals surface area contributed by atoms with Crippen LogP contribution < -0.4 is 11.1 Å². The first-order valence-corrected chi connectivity index (χ1v) is 14.0. The normalized spacial score (nSPS) is 18.0. The third kappa shape index (κ3) is 9.30. The van der Waals surface area contributed by atoms with Gasteiger partial charge in [-0.2, -0.15) is 0 Å². The Hall–Kier alpha value is -2.11. The number of halogens is 3. The number of carbonyl (C=O) groups excluding carboxylic acids is 2. The lowest BCUT2D eigenvalue weighted by Crippen LogP contribution is -2.41. The predicted molar refractivity (Wildman–Crippen MR) is 152 cm³/mol. The van der Waals surface area contributed by atoms with Crippen LogP contribution in [0.4, 0.5) is 4.39 Å². The van der Waals surface area contributed by atoms with Crippen LogP contribution in [0.5, 0.6) is 0 Å². The molecule has 1 aromatic carbocycles. The molecule has 1 aromatic rings. The van der Waals surface area contributed by atoms with E-state index in [1.54, 1.807) is 6.08 Å². The maximum Gasteiger partial charge on any atom is 0.223 e. The minimum atomic E-state index is -0.431. The van der Waals surface area contributed by atoms with Gasteiger partial charge in [0.15, 0.2) is 0 Å². The van der Waals surface area contributed by atoms with E-state index in [1.165, 1.54) is 12.1 Å². The summed E-state index contributed by atoms with van der Waals surface area (Å²) in [4.78, 5) is 23.1. The van der Waals surface area contributed by atoms with Gasteiger partial charge in [0.25, 0.3) is 0 Å². The highest BCUT2D eigenvalue weighted by atomic mass is 35.5. The van der Waals surface area contributed by atoms with Crippen LogP contribution in [0.2, 0.25) is 10.0 Å². The number of nitrogens with two attached hydrogens (primary N) is 1. The average molecular weight is 552 g/mol. The molecule has 0 heterocycles. The summed E-state index contributed by atoms with van der Waals surface area (Å²) in [5, 5.41) is 3.70.